The predicted octanol–water partition coefficient (Wildman–Crippen LogP) is 2.24. The highest BCUT2D eigenvalue weighted by atomic mass is 16.3. The quantitative estimate of drug-likeness (QED) is 0.772. The van der Waals surface area contributed by atoms with Gasteiger partial charge in [-0.15, -0.1) is 0 Å². The SMILES string of the molecule is OCCNc1cccc2ccccc12. The average Bonchev–Trinajstić information content (AvgIpc) is 2.26. The fourth-order valence-electron chi connectivity index (χ4n) is 1.57. The Morgan fingerprint density at radius 2 is 1.79 bits per heavy atom. The predicted molar refractivity (Wildman–Crippen MR) is 59.5 cm³/mol. The van der Waals surface area contributed by atoms with Gasteiger partial charge < -0.3 is 10.4 Å². The minimum Gasteiger partial charge on any atom is -0.395 e. The lowest BCUT2D eigenvalue weighted by atomic mass is 10.1. The second-order valence-corrected chi connectivity index (χ2v) is 3.18. The molecule has 0 spiro atoms. The first-order chi connectivity index (χ1) is 6.92. The summed E-state index contributed by atoms with van der Waals surface area (Å²) in [4.78, 5) is 0. The number of rotatable bonds is 3. The number of fused-ring (bicyclic) bond motifs is 1. The maximum absolute atomic E-state index is 8.74. The van der Waals surface area contributed by atoms with Crippen LogP contribution in [0.4, 0.5) is 5.69 Å². The Labute approximate surface area is 83.2 Å². The number of aliphatic hydroxyl groups is 1. The van der Waals surface area contributed by atoms with Crippen molar-refractivity contribution < 1.29 is 5.11 Å². The zero-order valence-electron chi connectivity index (χ0n) is 7.90. The first-order valence-corrected chi connectivity index (χ1v) is 4.74. The van der Waals surface area contributed by atoms with E-state index >= 15 is 0 Å². The number of benzene rings is 2. The van der Waals surface area contributed by atoms with Crippen molar-refractivity contribution in [3.05, 3.63) is 42.5 Å². The van der Waals surface area contributed by atoms with Gasteiger partial charge in [0.15, 0.2) is 0 Å². The van der Waals surface area contributed by atoms with E-state index in [2.05, 4.69) is 23.5 Å². The summed E-state index contributed by atoms with van der Waals surface area (Å²) in [6, 6.07) is 14.3. The standard InChI is InChI=1S/C12H13NO/c14-9-8-13-12-7-3-5-10-4-1-2-6-11(10)12/h1-7,13-14H,8-9H2. The molecule has 2 nitrogen and oxygen atoms in total. The molecule has 2 rings (SSSR count). The molecular formula is C12H13NO. The fraction of sp³-hybridized carbons (Fsp3) is 0.167. The van der Waals surface area contributed by atoms with Crippen molar-refractivity contribution >= 4 is 16.5 Å². The van der Waals surface area contributed by atoms with E-state index in [0.717, 1.165) is 5.69 Å². The number of nitrogens with one attached hydrogen (secondary N) is 1. The third-order valence-corrected chi connectivity index (χ3v) is 2.22. The molecular weight excluding hydrogens is 174 g/mol. The monoisotopic (exact) mass is 187 g/mol. The molecule has 2 N–H and O–H groups in total. The molecule has 0 unspecified atom stereocenters. The van der Waals surface area contributed by atoms with E-state index in [1.807, 2.05) is 24.3 Å². The molecule has 0 saturated heterocycles. The lowest BCUT2D eigenvalue weighted by molar-refractivity contribution is 0.311. The van der Waals surface area contributed by atoms with Crippen LogP contribution in [0.1, 0.15) is 0 Å². The van der Waals surface area contributed by atoms with Crippen molar-refractivity contribution in [2.45, 2.75) is 0 Å². The largest absolute Gasteiger partial charge is 0.395 e. The number of hydrogen-bond donors (Lipinski definition) is 2. The van der Waals surface area contributed by atoms with Crippen molar-refractivity contribution in [1.82, 2.24) is 0 Å². The molecule has 2 aromatic rings. The minimum absolute atomic E-state index is 0.156. The van der Waals surface area contributed by atoms with E-state index < -0.39 is 0 Å². The summed E-state index contributed by atoms with van der Waals surface area (Å²) in [5, 5.41) is 14.3. The Balaban J connectivity index is 2.43. The van der Waals surface area contributed by atoms with Gasteiger partial charge in [0.25, 0.3) is 0 Å². The third-order valence-electron chi connectivity index (χ3n) is 2.22. The van der Waals surface area contributed by atoms with Gasteiger partial charge in [0.2, 0.25) is 0 Å². The molecule has 0 radical (unpaired) electrons. The van der Waals surface area contributed by atoms with E-state index in [1.54, 1.807) is 0 Å². The van der Waals surface area contributed by atoms with Crippen LogP contribution in [-0.2, 0) is 0 Å². The zero-order chi connectivity index (χ0) is 9.80. The van der Waals surface area contributed by atoms with Crippen LogP contribution < -0.4 is 5.32 Å². The maximum atomic E-state index is 8.74. The summed E-state index contributed by atoms with van der Waals surface area (Å²) in [6.07, 6.45) is 0. The molecule has 0 aliphatic rings. The molecule has 0 atom stereocenters. The van der Waals surface area contributed by atoms with E-state index in [4.69, 9.17) is 5.11 Å². The lowest BCUT2D eigenvalue weighted by Crippen LogP contribution is -2.05. The summed E-state index contributed by atoms with van der Waals surface area (Å²) in [7, 11) is 0. The van der Waals surface area contributed by atoms with Crippen molar-refractivity contribution in [1.29, 1.82) is 0 Å². The smallest absolute Gasteiger partial charge is 0.0604 e. The molecule has 0 fully saturated rings. The normalized spacial score (nSPS) is 10.4. The third kappa shape index (κ3) is 1.70. The van der Waals surface area contributed by atoms with Gasteiger partial charge in [-0.1, -0.05) is 36.4 Å². The highest BCUT2D eigenvalue weighted by molar-refractivity contribution is 5.93. The molecule has 0 aliphatic carbocycles. The van der Waals surface area contributed by atoms with Crippen LogP contribution in [0.25, 0.3) is 10.8 Å². The van der Waals surface area contributed by atoms with Gasteiger partial charge in [-0.2, -0.15) is 0 Å². The van der Waals surface area contributed by atoms with Crippen LogP contribution >= 0.6 is 0 Å². The van der Waals surface area contributed by atoms with Crippen molar-refractivity contribution in [3.8, 4) is 0 Å². The molecule has 0 bridgehead atoms. The van der Waals surface area contributed by atoms with Crippen LogP contribution in [0.2, 0.25) is 0 Å². The summed E-state index contributed by atoms with van der Waals surface area (Å²) in [6.45, 7) is 0.747. The Bertz CT molecular complexity index is 420. The maximum Gasteiger partial charge on any atom is 0.0604 e. The first-order valence-electron chi connectivity index (χ1n) is 4.74. The number of anilines is 1. The molecule has 0 saturated carbocycles. The van der Waals surface area contributed by atoms with Crippen LogP contribution in [0.5, 0.6) is 0 Å². The van der Waals surface area contributed by atoms with E-state index in [-0.39, 0.29) is 6.61 Å². The van der Waals surface area contributed by atoms with Gasteiger partial charge in [-0.25, -0.2) is 0 Å². The molecule has 14 heavy (non-hydrogen) atoms. The summed E-state index contributed by atoms with van der Waals surface area (Å²) < 4.78 is 0. The number of hydrogen-bond acceptors (Lipinski definition) is 2. The number of aliphatic hydroxyl groups excluding tert-OH is 1. The molecule has 0 aliphatic heterocycles. The van der Waals surface area contributed by atoms with Crippen LogP contribution in [0, 0.1) is 0 Å². The average molecular weight is 187 g/mol. The molecule has 72 valence electrons. The Kier molecular flexibility index (Phi) is 2.65. The van der Waals surface area contributed by atoms with Gasteiger partial charge in [0.1, 0.15) is 0 Å². The van der Waals surface area contributed by atoms with E-state index in [1.165, 1.54) is 10.8 Å². The van der Waals surface area contributed by atoms with Gasteiger partial charge >= 0.3 is 0 Å². The summed E-state index contributed by atoms with van der Waals surface area (Å²) in [5.74, 6) is 0. The molecule has 0 amide bonds. The Morgan fingerprint density at radius 3 is 2.64 bits per heavy atom. The van der Waals surface area contributed by atoms with Crippen molar-refractivity contribution in [3.63, 3.8) is 0 Å². The second kappa shape index (κ2) is 4.11. The molecule has 0 aromatic heterocycles. The minimum atomic E-state index is 0.156. The van der Waals surface area contributed by atoms with Gasteiger partial charge in [-0.05, 0) is 11.5 Å². The van der Waals surface area contributed by atoms with Gasteiger partial charge in [0, 0.05) is 17.6 Å². The summed E-state index contributed by atoms with van der Waals surface area (Å²) in [5.41, 5.74) is 1.08. The molecule has 2 heteroatoms. The molecule has 0 heterocycles. The van der Waals surface area contributed by atoms with E-state index in [9.17, 15) is 0 Å². The lowest BCUT2D eigenvalue weighted by Gasteiger charge is -2.07. The Morgan fingerprint density at radius 1 is 1.00 bits per heavy atom. The van der Waals surface area contributed by atoms with E-state index in [0.29, 0.717) is 6.54 Å². The van der Waals surface area contributed by atoms with Gasteiger partial charge in [-0.3, -0.25) is 0 Å². The van der Waals surface area contributed by atoms with Gasteiger partial charge in [0.05, 0.1) is 6.61 Å². The summed E-state index contributed by atoms with van der Waals surface area (Å²) >= 11 is 0. The van der Waals surface area contributed by atoms with Crippen LogP contribution in [-0.4, -0.2) is 18.3 Å². The molecule has 2 aromatic carbocycles. The van der Waals surface area contributed by atoms with Crippen LogP contribution in [0.3, 0.4) is 0 Å². The van der Waals surface area contributed by atoms with Crippen LogP contribution in [0.15, 0.2) is 42.5 Å². The highest BCUT2D eigenvalue weighted by Crippen LogP contribution is 2.22. The Hall–Kier alpha value is -1.54. The van der Waals surface area contributed by atoms with Crippen molar-refractivity contribution in [2.24, 2.45) is 0 Å². The zero-order valence-corrected chi connectivity index (χ0v) is 7.90. The second-order valence-electron chi connectivity index (χ2n) is 3.18. The fourth-order valence-corrected chi connectivity index (χ4v) is 1.57. The highest BCUT2D eigenvalue weighted by Gasteiger charge is 1.97. The van der Waals surface area contributed by atoms with Crippen molar-refractivity contribution in [2.75, 3.05) is 18.5 Å². The topological polar surface area (TPSA) is 32.3 Å². The first kappa shape index (κ1) is 9.03.